The average Bonchev–Trinajstić information content (AvgIpc) is 2.95. The zero-order valence-corrected chi connectivity index (χ0v) is 17.5. The van der Waals surface area contributed by atoms with Gasteiger partial charge in [0, 0.05) is 27.5 Å². The number of amides is 1. The zero-order valence-electron chi connectivity index (χ0n) is 15.9. The number of carbonyl (C=O) groups excluding carboxylic acids is 1. The molecule has 0 unspecified atom stereocenters. The van der Waals surface area contributed by atoms with Crippen LogP contribution in [0.2, 0.25) is 0 Å². The van der Waals surface area contributed by atoms with Gasteiger partial charge in [0.1, 0.15) is 5.75 Å². The molecule has 1 heterocycles. The molecule has 2 aromatic rings. The van der Waals surface area contributed by atoms with E-state index in [1.54, 1.807) is 18.3 Å². The van der Waals surface area contributed by atoms with Gasteiger partial charge in [0.05, 0.1) is 6.21 Å². The van der Waals surface area contributed by atoms with Crippen molar-refractivity contribution in [3.63, 3.8) is 0 Å². The second-order valence-electron chi connectivity index (χ2n) is 7.02. The van der Waals surface area contributed by atoms with Crippen LogP contribution >= 0.6 is 15.9 Å². The van der Waals surface area contributed by atoms with Gasteiger partial charge in [-0.1, -0.05) is 35.2 Å². The van der Waals surface area contributed by atoms with Gasteiger partial charge in [-0.15, -0.1) is 0 Å². The summed E-state index contributed by atoms with van der Waals surface area (Å²) >= 11 is 3.36. The molecule has 1 fully saturated rings. The second-order valence-corrected chi connectivity index (χ2v) is 7.94. The summed E-state index contributed by atoms with van der Waals surface area (Å²) in [6.07, 6.45) is 8.17. The zero-order chi connectivity index (χ0) is 19.2. The molecular formula is C21H26BrN3O2. The molecule has 1 N–H and O–H groups in total. The molecule has 6 heteroatoms. The van der Waals surface area contributed by atoms with Gasteiger partial charge in [0.25, 0.3) is 5.91 Å². The summed E-state index contributed by atoms with van der Waals surface area (Å²) in [7, 11) is 0. The molecule has 0 saturated heterocycles. The highest BCUT2D eigenvalue weighted by molar-refractivity contribution is 9.10. The van der Waals surface area contributed by atoms with Crippen LogP contribution in [0.1, 0.15) is 55.1 Å². The van der Waals surface area contributed by atoms with Crippen molar-refractivity contribution in [1.29, 1.82) is 0 Å². The van der Waals surface area contributed by atoms with Crippen LogP contribution < -0.4 is 10.2 Å². The standard InChI is InChI=1S/C21H26BrN3O2/c1-15-12-17(16(2)25(15)19-6-4-3-5-7-19)13-23-24-21(26)14-27-20-10-8-18(22)9-11-20/h8-13,19H,3-7,14H2,1-2H3,(H,24,26)/b23-13-. The van der Waals surface area contributed by atoms with E-state index < -0.39 is 0 Å². The number of rotatable bonds is 6. The minimum Gasteiger partial charge on any atom is -0.484 e. The smallest absolute Gasteiger partial charge is 0.277 e. The first kappa shape index (κ1) is 19.7. The quantitative estimate of drug-likeness (QED) is 0.522. The highest BCUT2D eigenvalue weighted by atomic mass is 79.9. The van der Waals surface area contributed by atoms with E-state index in [2.05, 4.69) is 50.9 Å². The number of ether oxygens (including phenoxy) is 1. The van der Waals surface area contributed by atoms with E-state index in [4.69, 9.17) is 4.74 Å². The predicted molar refractivity (Wildman–Crippen MR) is 111 cm³/mol. The Kier molecular flexibility index (Phi) is 6.72. The molecule has 1 saturated carbocycles. The number of hydrazone groups is 1. The first-order valence-electron chi connectivity index (χ1n) is 9.43. The van der Waals surface area contributed by atoms with E-state index in [1.807, 2.05) is 12.1 Å². The van der Waals surface area contributed by atoms with Gasteiger partial charge < -0.3 is 9.30 Å². The van der Waals surface area contributed by atoms with Crippen LogP contribution in [0.5, 0.6) is 5.75 Å². The largest absolute Gasteiger partial charge is 0.484 e. The number of aromatic nitrogens is 1. The Hall–Kier alpha value is -2.08. The molecule has 3 rings (SSSR count). The number of aryl methyl sites for hydroxylation is 1. The molecule has 1 aromatic heterocycles. The van der Waals surface area contributed by atoms with Gasteiger partial charge in [-0.3, -0.25) is 4.79 Å². The highest BCUT2D eigenvalue weighted by Gasteiger charge is 2.19. The van der Waals surface area contributed by atoms with Crippen LogP contribution in [-0.4, -0.2) is 23.3 Å². The van der Waals surface area contributed by atoms with E-state index in [0.717, 1.165) is 10.0 Å². The van der Waals surface area contributed by atoms with Crippen molar-refractivity contribution in [1.82, 2.24) is 9.99 Å². The average molecular weight is 432 g/mol. The summed E-state index contributed by atoms with van der Waals surface area (Å²) in [6.45, 7) is 4.20. The predicted octanol–water partition coefficient (Wildman–Crippen LogP) is 4.90. The molecule has 5 nitrogen and oxygen atoms in total. The van der Waals surface area contributed by atoms with Gasteiger partial charge in [0.15, 0.2) is 6.61 Å². The maximum atomic E-state index is 11.9. The number of nitrogens with one attached hydrogen (secondary N) is 1. The lowest BCUT2D eigenvalue weighted by molar-refractivity contribution is -0.123. The third-order valence-electron chi connectivity index (χ3n) is 5.04. The second kappa shape index (κ2) is 9.22. The van der Waals surface area contributed by atoms with Crippen molar-refractivity contribution in [2.24, 2.45) is 5.10 Å². The SMILES string of the molecule is Cc1cc(/C=N\NC(=O)COc2ccc(Br)cc2)c(C)n1C1CCCCC1. The Bertz CT molecular complexity index is 806. The number of halogens is 1. The Balaban J connectivity index is 1.54. The molecule has 0 radical (unpaired) electrons. The van der Waals surface area contributed by atoms with Crippen LogP contribution in [0.4, 0.5) is 0 Å². The molecule has 27 heavy (non-hydrogen) atoms. The molecule has 0 bridgehead atoms. The fourth-order valence-corrected chi connectivity index (χ4v) is 3.98. The molecule has 1 amide bonds. The van der Waals surface area contributed by atoms with Crippen LogP contribution in [0.15, 0.2) is 39.9 Å². The molecule has 1 aliphatic carbocycles. The van der Waals surface area contributed by atoms with Gasteiger partial charge >= 0.3 is 0 Å². The normalized spacial score (nSPS) is 15.2. The third-order valence-corrected chi connectivity index (χ3v) is 5.57. The lowest BCUT2D eigenvalue weighted by atomic mass is 9.95. The summed E-state index contributed by atoms with van der Waals surface area (Å²) in [5, 5.41) is 4.10. The fraction of sp³-hybridized carbons (Fsp3) is 0.429. The van der Waals surface area contributed by atoms with Crippen molar-refractivity contribution in [2.45, 2.75) is 52.0 Å². The van der Waals surface area contributed by atoms with E-state index in [9.17, 15) is 4.79 Å². The minimum absolute atomic E-state index is 0.0694. The maximum Gasteiger partial charge on any atom is 0.277 e. The molecule has 0 spiro atoms. The third kappa shape index (κ3) is 5.22. The lowest BCUT2D eigenvalue weighted by Gasteiger charge is -2.26. The van der Waals surface area contributed by atoms with Gasteiger partial charge in [0.2, 0.25) is 0 Å². The first-order valence-corrected chi connectivity index (χ1v) is 10.2. The Labute approximate surface area is 168 Å². The monoisotopic (exact) mass is 431 g/mol. The summed E-state index contributed by atoms with van der Waals surface area (Å²) in [6, 6.07) is 10.1. The molecule has 1 aliphatic rings. The Morgan fingerprint density at radius 3 is 2.67 bits per heavy atom. The van der Waals surface area contributed by atoms with Crippen LogP contribution in [0, 0.1) is 13.8 Å². The summed E-state index contributed by atoms with van der Waals surface area (Å²) in [5.74, 6) is 0.364. The summed E-state index contributed by atoms with van der Waals surface area (Å²) in [4.78, 5) is 11.9. The molecular weight excluding hydrogens is 406 g/mol. The van der Waals surface area contributed by atoms with Crippen molar-refractivity contribution in [3.05, 3.63) is 51.8 Å². The lowest BCUT2D eigenvalue weighted by Crippen LogP contribution is -2.24. The number of nitrogens with zero attached hydrogens (tertiary/aromatic N) is 2. The van der Waals surface area contributed by atoms with Crippen molar-refractivity contribution in [2.75, 3.05) is 6.61 Å². The van der Waals surface area contributed by atoms with Gasteiger partial charge in [-0.2, -0.15) is 5.10 Å². The minimum atomic E-state index is -0.282. The first-order chi connectivity index (χ1) is 13.0. The number of benzene rings is 1. The number of hydrogen-bond donors (Lipinski definition) is 1. The molecule has 144 valence electrons. The van der Waals surface area contributed by atoms with Crippen molar-refractivity contribution < 1.29 is 9.53 Å². The Morgan fingerprint density at radius 1 is 1.26 bits per heavy atom. The fourth-order valence-electron chi connectivity index (χ4n) is 3.72. The van der Waals surface area contributed by atoms with Gasteiger partial charge in [-0.25, -0.2) is 5.43 Å². The van der Waals surface area contributed by atoms with Crippen LogP contribution in [0.25, 0.3) is 0 Å². The van der Waals surface area contributed by atoms with Crippen molar-refractivity contribution in [3.8, 4) is 5.75 Å². The molecule has 0 aliphatic heterocycles. The van der Waals surface area contributed by atoms with E-state index >= 15 is 0 Å². The number of hydrogen-bond acceptors (Lipinski definition) is 3. The maximum absolute atomic E-state index is 11.9. The Morgan fingerprint density at radius 2 is 1.96 bits per heavy atom. The van der Waals surface area contributed by atoms with Crippen LogP contribution in [0.3, 0.4) is 0 Å². The molecule has 0 atom stereocenters. The van der Waals surface area contributed by atoms with Crippen molar-refractivity contribution >= 4 is 28.1 Å². The van der Waals surface area contributed by atoms with E-state index in [-0.39, 0.29) is 12.5 Å². The van der Waals surface area contributed by atoms with Gasteiger partial charge in [-0.05, 0) is 57.0 Å². The highest BCUT2D eigenvalue weighted by Crippen LogP contribution is 2.31. The summed E-state index contributed by atoms with van der Waals surface area (Å²) in [5.41, 5.74) is 6.05. The molecule has 1 aromatic carbocycles. The topological polar surface area (TPSA) is 55.6 Å². The van der Waals surface area contributed by atoms with E-state index in [0.29, 0.717) is 11.8 Å². The van der Waals surface area contributed by atoms with E-state index in [1.165, 1.54) is 43.5 Å². The summed E-state index contributed by atoms with van der Waals surface area (Å²) < 4.78 is 8.84. The number of carbonyl (C=O) groups is 1. The van der Waals surface area contributed by atoms with Crippen LogP contribution in [-0.2, 0) is 4.79 Å².